The zero-order chi connectivity index (χ0) is 17.2. The lowest BCUT2D eigenvalue weighted by Gasteiger charge is -2.10. The Morgan fingerprint density at radius 1 is 0.750 bits per heavy atom. The predicted molar refractivity (Wildman–Crippen MR) is 92.1 cm³/mol. The van der Waals surface area contributed by atoms with Crippen LogP contribution in [-0.2, 0) is 4.79 Å². The molecular formula is C17H12N6O. The fourth-order valence-corrected chi connectivity index (χ4v) is 2.08. The van der Waals surface area contributed by atoms with Crippen LogP contribution in [0, 0.1) is 0 Å². The van der Waals surface area contributed by atoms with Crippen LogP contribution in [0.15, 0.2) is 83.3 Å². The number of rotatable bonds is 6. The van der Waals surface area contributed by atoms with Crippen LogP contribution in [0.3, 0.4) is 0 Å². The minimum Gasteiger partial charge on any atom is -0.289 e. The van der Waals surface area contributed by atoms with Gasteiger partial charge in [0.05, 0.1) is 0 Å². The number of azide groups is 2. The van der Waals surface area contributed by atoms with Crippen LogP contribution in [0.5, 0.6) is 0 Å². The molecule has 0 fully saturated rings. The van der Waals surface area contributed by atoms with Crippen LogP contribution in [0.4, 0.5) is 0 Å². The van der Waals surface area contributed by atoms with Gasteiger partial charge in [0, 0.05) is 33.4 Å². The van der Waals surface area contributed by atoms with Crippen LogP contribution in [0.2, 0.25) is 0 Å². The van der Waals surface area contributed by atoms with Gasteiger partial charge in [0.25, 0.3) is 0 Å². The first-order chi connectivity index (χ1) is 11.8. The number of Topliss-reactive ketones (excluding diaryl/α,β-unsaturated/α-hetero) is 1. The maximum atomic E-state index is 13.0. The van der Waals surface area contributed by atoms with E-state index in [1.54, 1.807) is 48.5 Å². The summed E-state index contributed by atoms with van der Waals surface area (Å²) >= 11 is 0. The first kappa shape index (κ1) is 16.6. The van der Waals surface area contributed by atoms with Crippen molar-refractivity contribution in [2.24, 2.45) is 10.2 Å². The quantitative estimate of drug-likeness (QED) is 0.307. The second-order valence-corrected chi connectivity index (χ2v) is 4.56. The van der Waals surface area contributed by atoms with E-state index in [9.17, 15) is 4.79 Å². The summed E-state index contributed by atoms with van der Waals surface area (Å²) in [6, 6.07) is 17.6. The molecule has 2 aromatic rings. The molecule has 0 unspecified atom stereocenters. The minimum absolute atomic E-state index is 0.205. The van der Waals surface area contributed by atoms with Gasteiger partial charge in [0.15, 0.2) is 5.78 Å². The largest absolute Gasteiger partial charge is 0.289 e. The Morgan fingerprint density at radius 3 is 1.46 bits per heavy atom. The average molecular weight is 316 g/mol. The van der Waals surface area contributed by atoms with E-state index in [1.807, 2.05) is 12.1 Å². The Bertz CT molecular complexity index is 800. The molecule has 0 saturated carbocycles. The summed E-state index contributed by atoms with van der Waals surface area (Å²) in [6.07, 6.45) is 2.31. The molecule has 0 heterocycles. The molecule has 2 rings (SSSR count). The Morgan fingerprint density at radius 2 is 1.12 bits per heavy atom. The number of carbonyl (C=O) groups is 1. The Balaban J connectivity index is 2.57. The third kappa shape index (κ3) is 4.11. The molecule has 24 heavy (non-hydrogen) atoms. The van der Waals surface area contributed by atoms with Gasteiger partial charge < -0.3 is 0 Å². The van der Waals surface area contributed by atoms with Crippen molar-refractivity contribution in [3.05, 3.63) is 105 Å². The molecule has 0 radical (unpaired) electrons. The van der Waals surface area contributed by atoms with Gasteiger partial charge in [-0.1, -0.05) is 70.9 Å². The van der Waals surface area contributed by atoms with Crippen molar-refractivity contribution in [2.45, 2.75) is 0 Å². The topological polar surface area (TPSA) is 115 Å². The molecule has 7 heteroatoms. The maximum absolute atomic E-state index is 13.0. The van der Waals surface area contributed by atoms with E-state index in [-0.39, 0.29) is 11.1 Å². The average Bonchev–Trinajstić information content (AvgIpc) is 2.64. The highest BCUT2D eigenvalue weighted by Gasteiger charge is 2.17. The van der Waals surface area contributed by atoms with Crippen molar-refractivity contribution in [3.8, 4) is 0 Å². The van der Waals surface area contributed by atoms with Gasteiger partial charge in [-0.05, 0) is 22.2 Å². The second-order valence-electron chi connectivity index (χ2n) is 4.56. The molecule has 0 saturated heterocycles. The first-order valence-electron chi connectivity index (χ1n) is 6.92. The van der Waals surface area contributed by atoms with Gasteiger partial charge in [-0.15, -0.1) is 0 Å². The monoisotopic (exact) mass is 316 g/mol. The highest BCUT2D eigenvalue weighted by atomic mass is 16.1. The summed E-state index contributed by atoms with van der Waals surface area (Å²) in [5, 5.41) is 6.79. The van der Waals surface area contributed by atoms with Crippen LogP contribution in [-0.4, -0.2) is 5.78 Å². The third-order valence-electron chi connectivity index (χ3n) is 3.14. The van der Waals surface area contributed by atoms with Crippen molar-refractivity contribution in [2.75, 3.05) is 0 Å². The molecule has 116 valence electrons. The van der Waals surface area contributed by atoms with Crippen LogP contribution in [0.25, 0.3) is 32.0 Å². The summed E-state index contributed by atoms with van der Waals surface area (Å²) < 4.78 is 0. The van der Waals surface area contributed by atoms with E-state index in [0.29, 0.717) is 11.1 Å². The fourth-order valence-electron chi connectivity index (χ4n) is 2.08. The highest BCUT2D eigenvalue weighted by Crippen LogP contribution is 2.25. The van der Waals surface area contributed by atoms with Gasteiger partial charge in [0.2, 0.25) is 0 Å². The van der Waals surface area contributed by atoms with E-state index < -0.39 is 5.78 Å². The van der Waals surface area contributed by atoms with Crippen molar-refractivity contribution >= 4 is 16.9 Å². The molecule has 0 bridgehead atoms. The molecule has 0 spiro atoms. The Kier molecular flexibility index (Phi) is 5.94. The van der Waals surface area contributed by atoms with Crippen LogP contribution >= 0.6 is 0 Å². The number of benzene rings is 2. The minimum atomic E-state index is -0.410. The van der Waals surface area contributed by atoms with Gasteiger partial charge in [-0.3, -0.25) is 4.79 Å². The summed E-state index contributed by atoms with van der Waals surface area (Å²) in [6.45, 7) is 0. The van der Waals surface area contributed by atoms with Crippen LogP contribution in [0.1, 0.15) is 11.1 Å². The fraction of sp³-hybridized carbons (Fsp3) is 0. The summed E-state index contributed by atoms with van der Waals surface area (Å²) in [5.41, 5.74) is 18.7. The van der Waals surface area contributed by atoms with Gasteiger partial charge in [-0.25, -0.2) is 0 Å². The number of carbonyl (C=O) groups excluding carboxylic acids is 1. The van der Waals surface area contributed by atoms with Crippen LogP contribution < -0.4 is 0 Å². The SMILES string of the molecule is [N-]=[N+]=N/C=C(/C(=O)/C(=C/N=[N+]=[N-])c1ccccc1)c1ccccc1. The van der Waals surface area contributed by atoms with Crippen molar-refractivity contribution in [1.82, 2.24) is 0 Å². The number of hydrogen-bond donors (Lipinski definition) is 0. The Hall–Kier alpha value is -3.79. The number of nitrogens with zero attached hydrogens (tertiary/aromatic N) is 6. The lowest BCUT2D eigenvalue weighted by molar-refractivity contribution is -0.108. The summed E-state index contributed by atoms with van der Waals surface area (Å²) in [5.74, 6) is -0.410. The lowest BCUT2D eigenvalue weighted by atomic mass is 9.94. The number of ketones is 1. The smallest absolute Gasteiger partial charge is 0.193 e. The van der Waals surface area contributed by atoms with E-state index in [1.165, 1.54) is 0 Å². The zero-order valence-corrected chi connectivity index (χ0v) is 12.5. The molecule has 0 amide bonds. The van der Waals surface area contributed by atoms with Gasteiger partial charge >= 0.3 is 0 Å². The standard InChI is InChI=1S/C17H12N6O/c18-22-20-11-15(13-7-3-1-4-8-13)17(24)16(12-21-23-19)14-9-5-2-6-10-14/h1-12H/b15-11+,16-12+. The molecule has 0 aliphatic carbocycles. The molecule has 2 aromatic carbocycles. The maximum Gasteiger partial charge on any atom is 0.193 e. The highest BCUT2D eigenvalue weighted by molar-refractivity contribution is 6.42. The third-order valence-corrected chi connectivity index (χ3v) is 3.14. The second kappa shape index (κ2) is 8.60. The van der Waals surface area contributed by atoms with Crippen molar-refractivity contribution in [3.63, 3.8) is 0 Å². The summed E-state index contributed by atoms with van der Waals surface area (Å²) in [4.78, 5) is 18.3. The molecule has 0 aliphatic rings. The predicted octanol–water partition coefficient (Wildman–Crippen LogP) is 5.26. The molecule has 0 atom stereocenters. The number of allylic oxidation sites excluding steroid dienone is 2. The Labute approximate surface area is 137 Å². The van der Waals surface area contributed by atoms with E-state index in [0.717, 1.165) is 12.4 Å². The van der Waals surface area contributed by atoms with Gasteiger partial charge in [0.1, 0.15) is 0 Å². The van der Waals surface area contributed by atoms with E-state index >= 15 is 0 Å². The van der Waals surface area contributed by atoms with Crippen molar-refractivity contribution < 1.29 is 4.79 Å². The van der Waals surface area contributed by atoms with Crippen molar-refractivity contribution in [1.29, 1.82) is 0 Å². The molecule has 0 N–H and O–H groups in total. The molecule has 0 aromatic heterocycles. The summed E-state index contributed by atoms with van der Waals surface area (Å²) in [7, 11) is 0. The number of hydrogen-bond acceptors (Lipinski definition) is 3. The van der Waals surface area contributed by atoms with E-state index in [4.69, 9.17) is 11.1 Å². The zero-order valence-electron chi connectivity index (χ0n) is 12.5. The first-order valence-corrected chi connectivity index (χ1v) is 6.92. The molecule has 0 aliphatic heterocycles. The molecule has 7 nitrogen and oxygen atoms in total. The van der Waals surface area contributed by atoms with Gasteiger partial charge in [-0.2, -0.15) is 0 Å². The molecular weight excluding hydrogens is 304 g/mol. The van der Waals surface area contributed by atoms with E-state index in [2.05, 4.69) is 20.1 Å². The lowest BCUT2D eigenvalue weighted by Crippen LogP contribution is -2.05. The normalized spacial score (nSPS) is 11.2.